The molecule has 0 aliphatic heterocycles. The third kappa shape index (κ3) is 2.32. The molecule has 0 aliphatic carbocycles. The lowest BCUT2D eigenvalue weighted by atomic mass is 10.1. The third-order valence-electron chi connectivity index (χ3n) is 2.16. The number of carbonyl (C=O) groups excluding carboxylic acids is 1. The van der Waals surface area contributed by atoms with Crippen molar-refractivity contribution in [3.05, 3.63) is 44.6 Å². The van der Waals surface area contributed by atoms with E-state index < -0.39 is 11.2 Å². The van der Waals surface area contributed by atoms with Gasteiger partial charge >= 0.3 is 5.69 Å². The Morgan fingerprint density at radius 1 is 1.24 bits per heavy atom. The van der Waals surface area contributed by atoms with Crippen molar-refractivity contribution in [3.8, 4) is 11.8 Å². The van der Waals surface area contributed by atoms with Crippen LogP contribution in [0, 0.1) is 11.8 Å². The summed E-state index contributed by atoms with van der Waals surface area (Å²) in [5, 5.41) is 0.363. The zero-order valence-corrected chi connectivity index (χ0v) is 8.74. The average Bonchev–Trinajstić information content (AvgIpc) is 2.30. The van der Waals surface area contributed by atoms with E-state index in [1.165, 1.54) is 0 Å². The van der Waals surface area contributed by atoms with Crippen LogP contribution in [-0.2, 0) is 4.79 Å². The Morgan fingerprint density at radius 3 is 2.82 bits per heavy atom. The van der Waals surface area contributed by atoms with Gasteiger partial charge in [-0.1, -0.05) is 11.8 Å². The van der Waals surface area contributed by atoms with Gasteiger partial charge in [0, 0.05) is 5.56 Å². The Hall–Kier alpha value is -2.61. The lowest BCUT2D eigenvalue weighted by Gasteiger charge is -1.96. The molecule has 1 aromatic carbocycles. The van der Waals surface area contributed by atoms with Crippen molar-refractivity contribution < 1.29 is 4.79 Å². The van der Waals surface area contributed by atoms with Crippen molar-refractivity contribution in [3.63, 3.8) is 0 Å². The molecule has 0 spiro atoms. The number of aromatic amines is 2. The summed E-state index contributed by atoms with van der Waals surface area (Å²) in [6, 6.07) is 4.86. The van der Waals surface area contributed by atoms with Crippen LogP contribution in [0.5, 0.6) is 0 Å². The molecule has 2 aromatic rings. The molecule has 0 unspecified atom stereocenters. The summed E-state index contributed by atoms with van der Waals surface area (Å²) in [5.41, 5.74) is 0.0849. The second-order valence-corrected chi connectivity index (χ2v) is 3.34. The maximum Gasteiger partial charge on any atom is 0.326 e. The monoisotopic (exact) mass is 228 g/mol. The van der Waals surface area contributed by atoms with Gasteiger partial charge in [0.1, 0.15) is 6.29 Å². The van der Waals surface area contributed by atoms with Gasteiger partial charge in [0.05, 0.1) is 17.3 Å². The Bertz CT molecular complexity index is 744. The predicted octanol–water partition coefficient (Wildman–Crippen LogP) is 0.157. The third-order valence-corrected chi connectivity index (χ3v) is 2.16. The van der Waals surface area contributed by atoms with Crippen LogP contribution in [0.2, 0.25) is 0 Å². The number of carbonyl (C=O) groups is 1. The van der Waals surface area contributed by atoms with Crippen molar-refractivity contribution in [1.29, 1.82) is 0 Å². The van der Waals surface area contributed by atoms with Gasteiger partial charge in [0.25, 0.3) is 5.56 Å². The Kier molecular flexibility index (Phi) is 2.88. The minimum absolute atomic E-state index is 0.153. The molecule has 0 aliphatic rings. The standard InChI is InChI=1S/C12H8N2O3/c15-6-2-1-3-8-4-5-10-9(7-8)11(16)14-12(17)13-10/h4-7H,2H2,(H2,13,14,16,17). The first-order chi connectivity index (χ1) is 8.20. The first-order valence-electron chi connectivity index (χ1n) is 4.89. The molecule has 0 fully saturated rings. The number of H-pyrrole nitrogens is 2. The summed E-state index contributed by atoms with van der Waals surface area (Å²) in [6.07, 6.45) is 0.859. The number of hydrogen-bond donors (Lipinski definition) is 2. The van der Waals surface area contributed by atoms with Gasteiger partial charge in [-0.3, -0.25) is 9.78 Å². The van der Waals surface area contributed by atoms with Crippen molar-refractivity contribution >= 4 is 17.2 Å². The highest BCUT2D eigenvalue weighted by Gasteiger charge is 2.00. The van der Waals surface area contributed by atoms with Gasteiger partial charge < -0.3 is 9.78 Å². The van der Waals surface area contributed by atoms with Crippen LogP contribution in [0.4, 0.5) is 0 Å². The molecule has 1 aromatic heterocycles. The molecule has 0 amide bonds. The SMILES string of the molecule is O=CCC#Cc1ccc2[nH]c(=O)[nH]c(=O)c2c1. The molecule has 0 bridgehead atoms. The number of aromatic nitrogens is 2. The summed E-state index contributed by atoms with van der Waals surface area (Å²) in [6.45, 7) is 0. The number of hydrogen-bond acceptors (Lipinski definition) is 3. The highest BCUT2D eigenvalue weighted by Crippen LogP contribution is 2.07. The summed E-state index contributed by atoms with van der Waals surface area (Å²) < 4.78 is 0. The normalized spacial score (nSPS) is 9.65. The zero-order chi connectivity index (χ0) is 12.3. The van der Waals surface area contributed by atoms with E-state index in [0.29, 0.717) is 22.8 Å². The molecule has 1 heterocycles. The number of aldehydes is 1. The van der Waals surface area contributed by atoms with E-state index in [1.807, 2.05) is 0 Å². The number of nitrogens with one attached hydrogen (secondary N) is 2. The van der Waals surface area contributed by atoms with Gasteiger partial charge in [0.15, 0.2) is 0 Å². The topological polar surface area (TPSA) is 82.8 Å². The molecule has 84 valence electrons. The van der Waals surface area contributed by atoms with Crippen LogP contribution in [-0.4, -0.2) is 16.3 Å². The largest absolute Gasteiger partial charge is 0.326 e. The molecule has 5 heteroatoms. The second-order valence-electron chi connectivity index (χ2n) is 3.34. The maximum absolute atomic E-state index is 11.5. The van der Waals surface area contributed by atoms with Gasteiger partial charge in [-0.15, -0.1) is 0 Å². The van der Waals surface area contributed by atoms with E-state index in [1.54, 1.807) is 18.2 Å². The van der Waals surface area contributed by atoms with Gasteiger partial charge in [0.2, 0.25) is 0 Å². The average molecular weight is 228 g/mol. The zero-order valence-electron chi connectivity index (χ0n) is 8.74. The minimum Gasteiger partial charge on any atom is -0.307 e. The number of rotatable bonds is 1. The molecule has 0 saturated heterocycles. The van der Waals surface area contributed by atoms with Crippen LogP contribution in [0.1, 0.15) is 12.0 Å². The molecule has 5 nitrogen and oxygen atoms in total. The molecule has 0 saturated carbocycles. The van der Waals surface area contributed by atoms with Crippen LogP contribution >= 0.6 is 0 Å². The van der Waals surface area contributed by atoms with Crippen LogP contribution in [0.15, 0.2) is 27.8 Å². The summed E-state index contributed by atoms with van der Waals surface area (Å²) in [7, 11) is 0. The molecule has 2 rings (SSSR count). The van der Waals surface area contributed by atoms with Crippen molar-refractivity contribution in [2.24, 2.45) is 0 Å². The Balaban J connectivity index is 2.59. The van der Waals surface area contributed by atoms with Gasteiger partial charge in [-0.25, -0.2) is 4.79 Å². The predicted molar refractivity (Wildman–Crippen MR) is 62.7 cm³/mol. The number of fused-ring (bicyclic) bond motifs is 1. The van der Waals surface area contributed by atoms with E-state index in [-0.39, 0.29) is 6.42 Å². The number of benzene rings is 1. The van der Waals surface area contributed by atoms with Gasteiger partial charge in [-0.2, -0.15) is 0 Å². The second kappa shape index (κ2) is 4.49. The lowest BCUT2D eigenvalue weighted by molar-refractivity contribution is -0.107. The van der Waals surface area contributed by atoms with Gasteiger partial charge in [-0.05, 0) is 18.2 Å². The lowest BCUT2D eigenvalue weighted by Crippen LogP contribution is -2.21. The van der Waals surface area contributed by atoms with Crippen LogP contribution < -0.4 is 11.2 Å². The van der Waals surface area contributed by atoms with Crippen LogP contribution in [0.25, 0.3) is 10.9 Å². The summed E-state index contributed by atoms with van der Waals surface area (Å²) >= 11 is 0. The minimum atomic E-state index is -0.540. The highest BCUT2D eigenvalue weighted by atomic mass is 16.2. The van der Waals surface area contributed by atoms with E-state index >= 15 is 0 Å². The molecule has 0 radical (unpaired) electrons. The maximum atomic E-state index is 11.5. The summed E-state index contributed by atoms with van der Waals surface area (Å²) in [5.74, 6) is 5.40. The smallest absolute Gasteiger partial charge is 0.307 e. The fraction of sp³-hybridized carbons (Fsp3) is 0.0833. The highest BCUT2D eigenvalue weighted by molar-refractivity contribution is 5.78. The molecule has 17 heavy (non-hydrogen) atoms. The Morgan fingerprint density at radius 2 is 2.06 bits per heavy atom. The van der Waals surface area contributed by atoms with Crippen molar-refractivity contribution in [1.82, 2.24) is 9.97 Å². The van der Waals surface area contributed by atoms with E-state index in [4.69, 9.17) is 0 Å². The van der Waals surface area contributed by atoms with E-state index in [9.17, 15) is 14.4 Å². The Labute approximate surface area is 95.5 Å². The summed E-state index contributed by atoms with van der Waals surface area (Å²) in [4.78, 5) is 37.3. The van der Waals surface area contributed by atoms with E-state index in [0.717, 1.165) is 0 Å². The quantitative estimate of drug-likeness (QED) is 0.538. The van der Waals surface area contributed by atoms with Crippen molar-refractivity contribution in [2.75, 3.05) is 0 Å². The first-order valence-corrected chi connectivity index (χ1v) is 4.89. The first kappa shape index (κ1) is 10.9. The fourth-order valence-electron chi connectivity index (χ4n) is 1.44. The fourth-order valence-corrected chi connectivity index (χ4v) is 1.44. The van der Waals surface area contributed by atoms with Crippen molar-refractivity contribution in [2.45, 2.75) is 6.42 Å². The molecular weight excluding hydrogens is 220 g/mol. The molecule has 0 atom stereocenters. The van der Waals surface area contributed by atoms with Crippen LogP contribution in [0.3, 0.4) is 0 Å². The molecular formula is C12H8N2O3. The van der Waals surface area contributed by atoms with E-state index in [2.05, 4.69) is 21.8 Å². The molecule has 2 N–H and O–H groups in total.